The molecule has 0 radical (unpaired) electrons. The zero-order valence-corrected chi connectivity index (χ0v) is 22.0. The van der Waals surface area contributed by atoms with Crippen molar-refractivity contribution in [3.05, 3.63) is 0 Å². The van der Waals surface area contributed by atoms with Gasteiger partial charge in [-0.25, -0.2) is 0 Å². The average molecular weight is 630 g/mol. The molecule has 0 bridgehead atoms. The van der Waals surface area contributed by atoms with Crippen molar-refractivity contribution in [3.8, 4) is 0 Å². The first-order valence-electron chi connectivity index (χ1n) is 13.1. The normalized spacial score (nSPS) is 50.1. The fourth-order valence-corrected chi connectivity index (χ4v) is 5.82. The molecule has 3 heterocycles. The van der Waals surface area contributed by atoms with E-state index in [2.05, 4.69) is 0 Å². The van der Waals surface area contributed by atoms with Gasteiger partial charge in [0.1, 0.15) is 54.9 Å². The predicted octanol–water partition coefficient (Wildman–Crippen LogP) is -4.29. The van der Waals surface area contributed by atoms with E-state index in [1.165, 1.54) is 22.2 Å². The van der Waals surface area contributed by atoms with Gasteiger partial charge < -0.3 is 54.3 Å². The van der Waals surface area contributed by atoms with E-state index in [4.69, 9.17) is 23.7 Å². The Bertz CT molecular complexity index is 865. The lowest BCUT2D eigenvalue weighted by atomic mass is 9.84. The first-order chi connectivity index (χ1) is 20.0. The van der Waals surface area contributed by atoms with Crippen molar-refractivity contribution in [1.29, 1.82) is 0 Å². The van der Waals surface area contributed by atoms with E-state index >= 15 is 0 Å². The molecule has 1 aliphatic carbocycles. The Morgan fingerprint density at radius 1 is 0.714 bits per heavy atom. The van der Waals surface area contributed by atoms with Crippen LogP contribution in [0.15, 0.2) is 0 Å². The van der Waals surface area contributed by atoms with Gasteiger partial charge in [-0.1, -0.05) is 0 Å². The van der Waals surface area contributed by atoms with Crippen molar-refractivity contribution in [2.24, 2.45) is 0 Å². The molecule has 0 amide bonds. The fourth-order valence-electron chi connectivity index (χ4n) is 5.82. The standard InChI is InChI=1S/C21H36F5N5O11/c1-31(26)11-14(35)18-8(38-20(11)42-21-16(37)13(34)10(30-25)9(4-32)39-21)3-7(29-24)19(41-18)40-17-6(28-23)2-5(27-22)12(33)15(17)36/h5-21,27-30,32-37H,2-4H2,1H3. The number of nitrogens with zero attached hydrogens (tertiary/aromatic N) is 1. The molecule has 1 saturated carbocycles. The molecule has 17 unspecified atom stereocenters. The van der Waals surface area contributed by atoms with Crippen LogP contribution >= 0.6 is 0 Å². The molecule has 4 rings (SSSR count). The van der Waals surface area contributed by atoms with Gasteiger partial charge in [-0.2, -0.15) is 22.2 Å². The number of rotatable bonds is 10. The number of fused-ring (bicyclic) bond motifs is 1. The first kappa shape index (κ1) is 33.9. The molecule has 0 spiro atoms. The Morgan fingerprint density at radius 2 is 1.38 bits per heavy atom. The van der Waals surface area contributed by atoms with Crippen LogP contribution in [0.4, 0.5) is 22.4 Å². The molecule has 42 heavy (non-hydrogen) atoms. The van der Waals surface area contributed by atoms with Crippen LogP contribution in [-0.2, 0) is 23.7 Å². The largest absolute Gasteiger partial charge is 0.394 e. The van der Waals surface area contributed by atoms with E-state index in [9.17, 15) is 53.0 Å². The number of aliphatic hydroxyl groups is 6. The van der Waals surface area contributed by atoms with Gasteiger partial charge in [0.05, 0.1) is 36.9 Å². The lowest BCUT2D eigenvalue weighted by molar-refractivity contribution is -0.390. The Kier molecular flexibility index (Phi) is 11.6. The second kappa shape index (κ2) is 14.4. The molecular weight excluding hydrogens is 593 g/mol. The van der Waals surface area contributed by atoms with Crippen LogP contribution in [0.5, 0.6) is 0 Å². The zero-order chi connectivity index (χ0) is 30.9. The molecule has 4 aliphatic rings. The molecule has 3 aliphatic heterocycles. The number of nitrogens with one attached hydrogen (secondary N) is 4. The minimum atomic E-state index is -1.92. The summed E-state index contributed by atoms with van der Waals surface area (Å²) in [4.78, 5) is 0. The van der Waals surface area contributed by atoms with Crippen LogP contribution in [-0.4, -0.2) is 153 Å². The van der Waals surface area contributed by atoms with Crippen molar-refractivity contribution >= 4 is 0 Å². The number of aliphatic hydroxyl groups excluding tert-OH is 6. The average Bonchev–Trinajstić information content (AvgIpc) is 2.97. The number of hydrogen-bond donors (Lipinski definition) is 10. The summed E-state index contributed by atoms with van der Waals surface area (Å²) in [7, 11) is 0.885. The third kappa shape index (κ3) is 6.51. The zero-order valence-electron chi connectivity index (χ0n) is 22.0. The molecule has 4 fully saturated rings. The number of halogens is 5. The summed E-state index contributed by atoms with van der Waals surface area (Å²) in [6.07, 6.45) is -20.9. The molecule has 0 aromatic heterocycles. The highest BCUT2D eigenvalue weighted by Gasteiger charge is 2.56. The molecule has 21 heteroatoms. The van der Waals surface area contributed by atoms with Crippen molar-refractivity contribution in [3.63, 3.8) is 0 Å². The van der Waals surface area contributed by atoms with Gasteiger partial charge in [0, 0.05) is 7.05 Å². The summed E-state index contributed by atoms with van der Waals surface area (Å²) in [5.74, 6) is 0. The van der Waals surface area contributed by atoms with Gasteiger partial charge in [-0.05, 0) is 12.8 Å². The summed E-state index contributed by atoms with van der Waals surface area (Å²) in [5.41, 5.74) is 5.20. The van der Waals surface area contributed by atoms with Gasteiger partial charge in [-0.15, -0.1) is 27.5 Å². The van der Waals surface area contributed by atoms with Gasteiger partial charge in [0.2, 0.25) is 0 Å². The number of ether oxygens (including phenoxy) is 5. The third-order valence-electron chi connectivity index (χ3n) is 8.15. The molecule has 246 valence electrons. The van der Waals surface area contributed by atoms with Crippen LogP contribution in [0.3, 0.4) is 0 Å². The Morgan fingerprint density at radius 3 is 1.95 bits per heavy atom. The molecule has 0 aromatic carbocycles. The van der Waals surface area contributed by atoms with Crippen LogP contribution < -0.4 is 22.2 Å². The van der Waals surface area contributed by atoms with E-state index in [0.717, 1.165) is 7.05 Å². The summed E-state index contributed by atoms with van der Waals surface area (Å²) < 4.78 is 96.0. The highest BCUT2D eigenvalue weighted by atomic mass is 19.2. The second-order valence-corrected chi connectivity index (χ2v) is 10.7. The lowest BCUT2D eigenvalue weighted by Gasteiger charge is -2.52. The third-order valence-corrected chi connectivity index (χ3v) is 8.15. The summed E-state index contributed by atoms with van der Waals surface area (Å²) in [6.45, 7) is -0.813. The summed E-state index contributed by atoms with van der Waals surface area (Å²) in [5, 5.41) is 61.7. The van der Waals surface area contributed by atoms with Gasteiger partial charge in [0.25, 0.3) is 0 Å². The first-order valence-corrected chi connectivity index (χ1v) is 13.1. The van der Waals surface area contributed by atoms with E-state index < -0.39 is 117 Å². The molecule has 17 atom stereocenters. The molecule has 10 N–H and O–H groups in total. The minimum Gasteiger partial charge on any atom is -0.394 e. The van der Waals surface area contributed by atoms with Crippen LogP contribution in [0, 0.1) is 0 Å². The summed E-state index contributed by atoms with van der Waals surface area (Å²) in [6, 6.07) is -7.40. The van der Waals surface area contributed by atoms with Crippen LogP contribution in [0.25, 0.3) is 0 Å². The minimum absolute atomic E-state index is 0.0141. The SMILES string of the molecule is CN(F)C1C(OC2OC(CO)C(NF)C(O)C2O)OC2CC(NF)C(OC3C(NF)CC(NF)C(O)C3O)OC2C1O. The van der Waals surface area contributed by atoms with Gasteiger partial charge in [-0.3, -0.25) is 0 Å². The maximum atomic E-state index is 14.7. The van der Waals surface area contributed by atoms with E-state index in [0.29, 0.717) is 0 Å². The quantitative estimate of drug-likeness (QED) is 0.0817. The van der Waals surface area contributed by atoms with Crippen molar-refractivity contribution < 1.29 is 76.7 Å². The topological polar surface area (TPSA) is 219 Å². The van der Waals surface area contributed by atoms with Crippen molar-refractivity contribution in [1.82, 2.24) is 27.3 Å². The Hall–Kier alpha value is -0.990. The van der Waals surface area contributed by atoms with E-state index in [-0.39, 0.29) is 11.5 Å². The van der Waals surface area contributed by atoms with Crippen LogP contribution in [0.1, 0.15) is 12.8 Å². The van der Waals surface area contributed by atoms with Crippen molar-refractivity contribution in [2.75, 3.05) is 13.7 Å². The van der Waals surface area contributed by atoms with E-state index in [1.807, 2.05) is 0 Å². The van der Waals surface area contributed by atoms with Crippen molar-refractivity contribution in [2.45, 2.75) is 117 Å². The number of hydrogen-bond acceptors (Lipinski definition) is 16. The van der Waals surface area contributed by atoms with E-state index in [1.54, 1.807) is 0 Å². The Balaban J connectivity index is 1.50. The Labute approximate surface area is 235 Å². The molecular formula is C21H36F5N5O11. The molecule has 16 nitrogen and oxygen atoms in total. The molecule has 0 aromatic rings. The smallest absolute Gasteiger partial charge is 0.189 e. The predicted molar refractivity (Wildman–Crippen MR) is 123 cm³/mol. The van der Waals surface area contributed by atoms with Gasteiger partial charge in [0.15, 0.2) is 18.9 Å². The number of likely N-dealkylation sites (N-methyl/N-ethyl adjacent to an activating group) is 1. The maximum absolute atomic E-state index is 14.7. The summed E-state index contributed by atoms with van der Waals surface area (Å²) >= 11 is 0. The van der Waals surface area contributed by atoms with Gasteiger partial charge >= 0.3 is 0 Å². The highest BCUT2D eigenvalue weighted by Crippen LogP contribution is 2.37. The second-order valence-electron chi connectivity index (χ2n) is 10.7. The monoisotopic (exact) mass is 629 g/mol. The maximum Gasteiger partial charge on any atom is 0.189 e. The van der Waals surface area contributed by atoms with Crippen LogP contribution in [0.2, 0.25) is 0 Å². The fraction of sp³-hybridized carbons (Fsp3) is 1.00. The molecule has 3 saturated heterocycles. The lowest BCUT2D eigenvalue weighted by Crippen LogP contribution is -2.70. The highest BCUT2D eigenvalue weighted by molar-refractivity contribution is 5.02.